The summed E-state index contributed by atoms with van der Waals surface area (Å²) in [7, 11) is 0. The summed E-state index contributed by atoms with van der Waals surface area (Å²) in [6.07, 6.45) is 2.65. The molecule has 2 heterocycles. The van der Waals surface area contributed by atoms with Gasteiger partial charge in [-0.15, -0.1) is 0 Å². The maximum absolute atomic E-state index is 13.0. The van der Waals surface area contributed by atoms with E-state index < -0.39 is 0 Å². The molecule has 27 heavy (non-hydrogen) atoms. The second-order valence-electron chi connectivity index (χ2n) is 6.98. The minimum atomic E-state index is -0.319. The van der Waals surface area contributed by atoms with Crippen molar-refractivity contribution in [3.8, 4) is 5.75 Å². The van der Waals surface area contributed by atoms with E-state index in [9.17, 15) is 9.18 Å². The van der Waals surface area contributed by atoms with Crippen molar-refractivity contribution in [2.45, 2.75) is 25.3 Å². The minimum absolute atomic E-state index is 0.0202. The van der Waals surface area contributed by atoms with Gasteiger partial charge in [0, 0.05) is 45.4 Å². The topological polar surface area (TPSA) is 51.2 Å². The van der Waals surface area contributed by atoms with Crippen LogP contribution in [0.1, 0.15) is 19.3 Å². The molecule has 2 saturated heterocycles. The Morgan fingerprint density at radius 2 is 1.78 bits per heavy atom. The Labute approximate surface area is 160 Å². The van der Waals surface area contributed by atoms with Crippen molar-refractivity contribution < 1.29 is 23.4 Å². The van der Waals surface area contributed by atoms with Crippen molar-refractivity contribution in [1.82, 2.24) is 9.80 Å². The molecular weight excluding hydrogens is 351 g/mol. The van der Waals surface area contributed by atoms with Gasteiger partial charge in [-0.25, -0.2) is 4.39 Å². The first-order valence-electron chi connectivity index (χ1n) is 9.78. The van der Waals surface area contributed by atoms with Crippen LogP contribution in [0.2, 0.25) is 0 Å². The van der Waals surface area contributed by atoms with Gasteiger partial charge in [-0.1, -0.05) is 0 Å². The number of rotatable bonds is 8. The van der Waals surface area contributed by atoms with E-state index in [1.807, 2.05) is 4.90 Å². The van der Waals surface area contributed by atoms with Gasteiger partial charge in [0.15, 0.2) is 6.61 Å². The zero-order chi connectivity index (χ0) is 18.9. The highest BCUT2D eigenvalue weighted by atomic mass is 19.1. The van der Waals surface area contributed by atoms with Crippen LogP contribution in [-0.4, -0.2) is 81.0 Å². The van der Waals surface area contributed by atoms with Crippen LogP contribution in [0.4, 0.5) is 4.39 Å². The molecule has 6 nitrogen and oxygen atoms in total. The average Bonchev–Trinajstić information content (AvgIpc) is 2.72. The van der Waals surface area contributed by atoms with Crippen molar-refractivity contribution in [2.24, 2.45) is 0 Å². The number of carbonyl (C=O) groups excluding carboxylic acids is 1. The molecule has 1 aromatic rings. The summed E-state index contributed by atoms with van der Waals surface area (Å²) in [6, 6.07) is 5.95. The van der Waals surface area contributed by atoms with Gasteiger partial charge in [0.05, 0.1) is 13.2 Å². The number of nitrogens with zero attached hydrogens (tertiary/aromatic N) is 2. The third-order valence-electron chi connectivity index (χ3n) is 5.10. The second kappa shape index (κ2) is 10.6. The molecule has 0 saturated carbocycles. The van der Waals surface area contributed by atoms with Crippen LogP contribution >= 0.6 is 0 Å². The Bertz CT molecular complexity index is 572. The molecular formula is C20H29FN2O4. The zero-order valence-electron chi connectivity index (χ0n) is 15.8. The first kappa shape index (κ1) is 20.0. The van der Waals surface area contributed by atoms with E-state index in [1.54, 1.807) is 12.1 Å². The molecule has 150 valence electrons. The highest BCUT2D eigenvalue weighted by Gasteiger charge is 2.26. The van der Waals surface area contributed by atoms with Crippen LogP contribution in [0.5, 0.6) is 5.75 Å². The number of amides is 1. The zero-order valence-corrected chi connectivity index (χ0v) is 15.8. The van der Waals surface area contributed by atoms with Gasteiger partial charge in [0.25, 0.3) is 5.91 Å². The van der Waals surface area contributed by atoms with Crippen molar-refractivity contribution >= 4 is 5.91 Å². The minimum Gasteiger partial charge on any atom is -0.484 e. The number of carbonyl (C=O) groups is 1. The van der Waals surface area contributed by atoms with Gasteiger partial charge in [-0.2, -0.15) is 0 Å². The molecule has 2 aliphatic heterocycles. The summed E-state index contributed by atoms with van der Waals surface area (Å²) in [6.45, 7) is 6.52. The largest absolute Gasteiger partial charge is 0.484 e. The summed E-state index contributed by atoms with van der Waals surface area (Å²) in [5.74, 6) is 0.166. The second-order valence-corrected chi connectivity index (χ2v) is 6.98. The van der Waals surface area contributed by atoms with E-state index in [2.05, 4.69) is 4.90 Å². The maximum atomic E-state index is 13.0. The van der Waals surface area contributed by atoms with Gasteiger partial charge >= 0.3 is 0 Å². The molecule has 0 atom stereocenters. The van der Waals surface area contributed by atoms with E-state index in [0.717, 1.165) is 52.1 Å². The molecule has 1 amide bonds. The molecule has 7 heteroatoms. The quantitative estimate of drug-likeness (QED) is 0.690. The fourth-order valence-corrected chi connectivity index (χ4v) is 3.56. The Morgan fingerprint density at radius 1 is 1.11 bits per heavy atom. The van der Waals surface area contributed by atoms with E-state index in [0.29, 0.717) is 25.5 Å². The van der Waals surface area contributed by atoms with Crippen LogP contribution < -0.4 is 4.74 Å². The number of morpholine rings is 1. The third-order valence-corrected chi connectivity index (χ3v) is 5.10. The Balaban J connectivity index is 1.51. The van der Waals surface area contributed by atoms with Gasteiger partial charge in [-0.05, 0) is 43.5 Å². The van der Waals surface area contributed by atoms with Crippen LogP contribution in [0.25, 0.3) is 0 Å². The van der Waals surface area contributed by atoms with E-state index >= 15 is 0 Å². The molecule has 0 bridgehead atoms. The monoisotopic (exact) mass is 380 g/mol. The average molecular weight is 380 g/mol. The highest BCUT2D eigenvalue weighted by molar-refractivity contribution is 5.78. The number of hydrogen-bond donors (Lipinski definition) is 0. The summed E-state index contributed by atoms with van der Waals surface area (Å²) in [5.41, 5.74) is 0. The molecule has 0 unspecified atom stereocenters. The standard InChI is InChI=1S/C20H29FN2O4/c21-17-2-4-19(5-3-17)27-16-20(24)23(18-6-12-25-13-7-18)9-1-8-22-10-14-26-15-11-22/h2-5,18H,1,6-16H2. The number of halogens is 1. The summed E-state index contributed by atoms with van der Waals surface area (Å²) in [5, 5.41) is 0. The molecule has 3 rings (SSSR count). The third kappa shape index (κ3) is 6.45. The first-order chi connectivity index (χ1) is 13.2. The first-order valence-corrected chi connectivity index (χ1v) is 9.78. The van der Waals surface area contributed by atoms with Gasteiger partial charge < -0.3 is 19.1 Å². The smallest absolute Gasteiger partial charge is 0.260 e. The lowest BCUT2D eigenvalue weighted by Gasteiger charge is -2.35. The van der Waals surface area contributed by atoms with Crippen LogP contribution in [0, 0.1) is 5.82 Å². The summed E-state index contributed by atoms with van der Waals surface area (Å²) >= 11 is 0. The van der Waals surface area contributed by atoms with E-state index in [1.165, 1.54) is 12.1 Å². The molecule has 0 N–H and O–H groups in total. The van der Waals surface area contributed by atoms with E-state index in [-0.39, 0.29) is 24.4 Å². The molecule has 2 fully saturated rings. The molecule has 0 aromatic heterocycles. The van der Waals surface area contributed by atoms with Crippen LogP contribution in [-0.2, 0) is 14.3 Å². The fourth-order valence-electron chi connectivity index (χ4n) is 3.56. The Kier molecular flexibility index (Phi) is 7.86. The van der Waals surface area contributed by atoms with Crippen LogP contribution in [0.3, 0.4) is 0 Å². The predicted molar refractivity (Wildman–Crippen MR) is 99.3 cm³/mol. The molecule has 2 aliphatic rings. The van der Waals surface area contributed by atoms with Gasteiger partial charge in [-0.3, -0.25) is 9.69 Å². The highest BCUT2D eigenvalue weighted by Crippen LogP contribution is 2.17. The van der Waals surface area contributed by atoms with Crippen molar-refractivity contribution in [3.05, 3.63) is 30.1 Å². The van der Waals surface area contributed by atoms with Gasteiger partial charge in [0.2, 0.25) is 0 Å². The van der Waals surface area contributed by atoms with Gasteiger partial charge in [0.1, 0.15) is 11.6 Å². The SMILES string of the molecule is O=C(COc1ccc(F)cc1)N(CCCN1CCOCC1)C1CCOCC1. The Hall–Kier alpha value is -1.70. The number of ether oxygens (including phenoxy) is 3. The van der Waals surface area contributed by atoms with Crippen molar-refractivity contribution in [2.75, 3.05) is 59.2 Å². The lowest BCUT2D eigenvalue weighted by atomic mass is 10.1. The van der Waals surface area contributed by atoms with Crippen molar-refractivity contribution in [3.63, 3.8) is 0 Å². The Morgan fingerprint density at radius 3 is 2.48 bits per heavy atom. The molecule has 0 aliphatic carbocycles. The maximum Gasteiger partial charge on any atom is 0.260 e. The normalized spacial score (nSPS) is 19.0. The predicted octanol–water partition coefficient (Wildman–Crippen LogP) is 1.93. The van der Waals surface area contributed by atoms with E-state index in [4.69, 9.17) is 14.2 Å². The summed E-state index contributed by atoms with van der Waals surface area (Å²) < 4.78 is 29.4. The molecule has 1 aromatic carbocycles. The lowest BCUT2D eigenvalue weighted by molar-refractivity contribution is -0.137. The lowest BCUT2D eigenvalue weighted by Crippen LogP contribution is -2.47. The number of benzene rings is 1. The fraction of sp³-hybridized carbons (Fsp3) is 0.650. The summed E-state index contributed by atoms with van der Waals surface area (Å²) in [4.78, 5) is 17.1. The molecule has 0 spiro atoms. The van der Waals surface area contributed by atoms with Crippen LogP contribution in [0.15, 0.2) is 24.3 Å². The number of hydrogen-bond acceptors (Lipinski definition) is 5. The molecule has 0 radical (unpaired) electrons. The van der Waals surface area contributed by atoms with Crippen molar-refractivity contribution in [1.29, 1.82) is 0 Å².